The lowest BCUT2D eigenvalue weighted by Gasteiger charge is -2.23. The van der Waals surface area contributed by atoms with E-state index in [1.165, 1.54) is 35.7 Å². The van der Waals surface area contributed by atoms with Crippen molar-refractivity contribution in [2.24, 2.45) is 11.8 Å². The molecule has 0 spiro atoms. The first-order valence-electron chi connectivity index (χ1n) is 8.98. The van der Waals surface area contributed by atoms with Crippen LogP contribution in [0.2, 0.25) is 0 Å². The number of rotatable bonds is 5. The lowest BCUT2D eigenvalue weighted by molar-refractivity contribution is -0.131. The Morgan fingerprint density at radius 2 is 1.91 bits per heavy atom. The number of fused-ring (bicyclic) bond motifs is 1. The molecule has 0 saturated carbocycles. The number of aryl methyl sites for hydroxylation is 1. The highest BCUT2D eigenvalue weighted by atomic mass is 32.1. The molecule has 2 atom stereocenters. The lowest BCUT2D eigenvalue weighted by atomic mass is 10.0. The van der Waals surface area contributed by atoms with Gasteiger partial charge < -0.3 is 9.80 Å². The summed E-state index contributed by atoms with van der Waals surface area (Å²) in [5, 5.41) is 0. The summed E-state index contributed by atoms with van der Waals surface area (Å²) in [5.41, 5.74) is 0. The average Bonchev–Trinajstić information content (AvgIpc) is 3.27. The maximum atomic E-state index is 12.7. The average molecular weight is 334 g/mol. The standard InChI is InChI=1S/C18H27N3OS/c1-14-4-5-16(23-14)12-20-10-15-11-21(18(22)17(15)13-20)9-8-19-6-2-3-7-19/h4-5,15,17H,2-3,6-13H2,1H3/t15-,17-/m1/s1. The van der Waals surface area contributed by atoms with Crippen LogP contribution in [0.1, 0.15) is 22.6 Å². The van der Waals surface area contributed by atoms with Crippen LogP contribution in [-0.2, 0) is 11.3 Å². The van der Waals surface area contributed by atoms with Gasteiger partial charge in [-0.05, 0) is 45.0 Å². The Kier molecular flexibility index (Phi) is 4.43. The molecule has 0 N–H and O–H groups in total. The van der Waals surface area contributed by atoms with Crippen LogP contribution in [0, 0.1) is 18.8 Å². The molecule has 1 aromatic heterocycles. The molecule has 1 amide bonds. The van der Waals surface area contributed by atoms with E-state index >= 15 is 0 Å². The van der Waals surface area contributed by atoms with Crippen molar-refractivity contribution in [3.8, 4) is 0 Å². The first-order valence-corrected chi connectivity index (χ1v) is 9.79. The van der Waals surface area contributed by atoms with E-state index in [-0.39, 0.29) is 5.92 Å². The van der Waals surface area contributed by atoms with Gasteiger partial charge in [-0.15, -0.1) is 11.3 Å². The molecule has 23 heavy (non-hydrogen) atoms. The predicted octanol–water partition coefficient (Wildman–Crippen LogP) is 2.04. The molecule has 0 unspecified atom stereocenters. The molecule has 3 aliphatic rings. The minimum Gasteiger partial charge on any atom is -0.341 e. The van der Waals surface area contributed by atoms with E-state index in [9.17, 15) is 4.79 Å². The fraction of sp³-hybridized carbons (Fsp3) is 0.722. The van der Waals surface area contributed by atoms with Crippen LogP contribution in [0.15, 0.2) is 12.1 Å². The number of hydrogen-bond acceptors (Lipinski definition) is 4. The molecule has 4 heterocycles. The Morgan fingerprint density at radius 3 is 2.61 bits per heavy atom. The van der Waals surface area contributed by atoms with Crippen molar-refractivity contribution in [1.82, 2.24) is 14.7 Å². The topological polar surface area (TPSA) is 26.8 Å². The SMILES string of the molecule is Cc1ccc(CN2C[C@@H]3CN(CCN4CCCC4)C(=O)[C@@H]3C2)s1. The Bertz CT molecular complexity index is 566. The van der Waals surface area contributed by atoms with E-state index in [4.69, 9.17) is 0 Å². The van der Waals surface area contributed by atoms with E-state index < -0.39 is 0 Å². The van der Waals surface area contributed by atoms with Gasteiger partial charge in [0, 0.05) is 54.9 Å². The van der Waals surface area contributed by atoms with Crippen LogP contribution in [0.25, 0.3) is 0 Å². The first-order chi connectivity index (χ1) is 11.2. The van der Waals surface area contributed by atoms with Gasteiger partial charge in [0.1, 0.15) is 0 Å². The van der Waals surface area contributed by atoms with Crippen LogP contribution >= 0.6 is 11.3 Å². The third kappa shape index (κ3) is 3.32. The van der Waals surface area contributed by atoms with Gasteiger partial charge in [-0.3, -0.25) is 9.69 Å². The number of hydrogen-bond donors (Lipinski definition) is 0. The van der Waals surface area contributed by atoms with Gasteiger partial charge in [-0.1, -0.05) is 0 Å². The van der Waals surface area contributed by atoms with Crippen molar-refractivity contribution in [2.75, 3.05) is 45.8 Å². The number of carbonyl (C=O) groups is 1. The Labute approximate surface area is 143 Å². The highest BCUT2D eigenvalue weighted by Crippen LogP contribution is 2.33. The smallest absolute Gasteiger partial charge is 0.227 e. The van der Waals surface area contributed by atoms with E-state index in [0.717, 1.165) is 39.3 Å². The van der Waals surface area contributed by atoms with Crippen molar-refractivity contribution in [1.29, 1.82) is 0 Å². The molecule has 0 aromatic carbocycles. The summed E-state index contributed by atoms with van der Waals surface area (Å²) >= 11 is 1.88. The second kappa shape index (κ2) is 6.54. The molecular formula is C18H27N3OS. The van der Waals surface area contributed by atoms with E-state index in [1.54, 1.807) is 0 Å². The summed E-state index contributed by atoms with van der Waals surface area (Å²) in [6.07, 6.45) is 2.66. The molecule has 4 rings (SSSR count). The van der Waals surface area contributed by atoms with Gasteiger partial charge in [0.2, 0.25) is 5.91 Å². The lowest BCUT2D eigenvalue weighted by Crippen LogP contribution is -2.37. The largest absolute Gasteiger partial charge is 0.341 e. The molecular weight excluding hydrogens is 306 g/mol. The quantitative estimate of drug-likeness (QED) is 0.825. The van der Waals surface area contributed by atoms with Crippen molar-refractivity contribution < 1.29 is 4.79 Å². The maximum absolute atomic E-state index is 12.7. The normalized spacial score (nSPS) is 28.9. The molecule has 126 valence electrons. The predicted molar refractivity (Wildman–Crippen MR) is 93.6 cm³/mol. The zero-order chi connectivity index (χ0) is 15.8. The number of thiophene rings is 1. The Morgan fingerprint density at radius 1 is 1.09 bits per heavy atom. The van der Waals surface area contributed by atoms with E-state index in [0.29, 0.717) is 11.8 Å². The van der Waals surface area contributed by atoms with Crippen LogP contribution in [0.3, 0.4) is 0 Å². The zero-order valence-electron chi connectivity index (χ0n) is 14.0. The molecule has 0 bridgehead atoms. The van der Waals surface area contributed by atoms with Crippen molar-refractivity contribution in [2.45, 2.75) is 26.3 Å². The number of nitrogens with zero attached hydrogens (tertiary/aromatic N) is 3. The summed E-state index contributed by atoms with van der Waals surface area (Å²) in [6, 6.07) is 4.43. The van der Waals surface area contributed by atoms with Gasteiger partial charge in [-0.25, -0.2) is 0 Å². The summed E-state index contributed by atoms with van der Waals surface area (Å²) < 4.78 is 0. The highest BCUT2D eigenvalue weighted by Gasteiger charge is 2.45. The first kappa shape index (κ1) is 15.6. The number of amides is 1. The van der Waals surface area contributed by atoms with Crippen LogP contribution in [0.4, 0.5) is 0 Å². The number of carbonyl (C=O) groups excluding carboxylic acids is 1. The van der Waals surface area contributed by atoms with Gasteiger partial charge in [0.05, 0.1) is 5.92 Å². The Hall–Kier alpha value is -0.910. The molecule has 3 fully saturated rings. The molecule has 0 radical (unpaired) electrons. The molecule has 5 heteroatoms. The zero-order valence-corrected chi connectivity index (χ0v) is 14.9. The maximum Gasteiger partial charge on any atom is 0.227 e. The molecule has 4 nitrogen and oxygen atoms in total. The molecule has 3 saturated heterocycles. The third-order valence-electron chi connectivity index (χ3n) is 5.66. The van der Waals surface area contributed by atoms with Crippen molar-refractivity contribution in [3.63, 3.8) is 0 Å². The molecule has 1 aromatic rings. The monoisotopic (exact) mass is 333 g/mol. The van der Waals surface area contributed by atoms with Gasteiger partial charge in [-0.2, -0.15) is 0 Å². The highest BCUT2D eigenvalue weighted by molar-refractivity contribution is 7.11. The summed E-state index contributed by atoms with van der Waals surface area (Å²) in [4.78, 5) is 22.6. The Balaban J connectivity index is 1.28. The molecule has 3 aliphatic heterocycles. The summed E-state index contributed by atoms with van der Waals surface area (Å²) in [7, 11) is 0. The fourth-order valence-corrected chi connectivity index (χ4v) is 5.36. The second-order valence-electron chi connectivity index (χ2n) is 7.41. The van der Waals surface area contributed by atoms with Gasteiger partial charge in [0.15, 0.2) is 0 Å². The summed E-state index contributed by atoms with van der Waals surface area (Å²) in [5.74, 6) is 1.23. The minimum atomic E-state index is 0.259. The third-order valence-corrected chi connectivity index (χ3v) is 6.65. The summed E-state index contributed by atoms with van der Waals surface area (Å²) in [6.45, 7) is 10.7. The van der Waals surface area contributed by atoms with Crippen molar-refractivity contribution >= 4 is 17.2 Å². The molecule has 0 aliphatic carbocycles. The van der Waals surface area contributed by atoms with Crippen molar-refractivity contribution in [3.05, 3.63) is 21.9 Å². The van der Waals surface area contributed by atoms with E-state index in [1.807, 2.05) is 11.3 Å². The van der Waals surface area contributed by atoms with Crippen LogP contribution in [-0.4, -0.2) is 66.4 Å². The second-order valence-corrected chi connectivity index (χ2v) is 8.78. The van der Waals surface area contributed by atoms with Gasteiger partial charge >= 0.3 is 0 Å². The minimum absolute atomic E-state index is 0.259. The van der Waals surface area contributed by atoms with Gasteiger partial charge in [0.25, 0.3) is 0 Å². The van der Waals surface area contributed by atoms with E-state index in [2.05, 4.69) is 33.8 Å². The van der Waals surface area contributed by atoms with Crippen LogP contribution in [0.5, 0.6) is 0 Å². The van der Waals surface area contributed by atoms with Crippen LogP contribution < -0.4 is 0 Å². The fourth-order valence-electron chi connectivity index (χ4n) is 4.42. The number of likely N-dealkylation sites (tertiary alicyclic amines) is 3.